The fourth-order valence-corrected chi connectivity index (χ4v) is 4.27. The van der Waals surface area contributed by atoms with Gasteiger partial charge in [-0.05, 0) is 72.6 Å². The van der Waals surface area contributed by atoms with Crippen LogP contribution in [0.25, 0.3) is 6.08 Å². The van der Waals surface area contributed by atoms with Gasteiger partial charge in [-0.25, -0.2) is 4.98 Å². The van der Waals surface area contributed by atoms with Gasteiger partial charge in [0, 0.05) is 5.69 Å². The molecule has 2 heterocycles. The summed E-state index contributed by atoms with van der Waals surface area (Å²) in [4.78, 5) is 46.1. The third kappa shape index (κ3) is 6.25. The zero-order valence-corrected chi connectivity index (χ0v) is 21.2. The van der Waals surface area contributed by atoms with Crippen molar-refractivity contribution in [2.24, 2.45) is 0 Å². The summed E-state index contributed by atoms with van der Waals surface area (Å²) in [6.07, 6.45) is 2.38. The van der Waals surface area contributed by atoms with Crippen LogP contribution in [-0.4, -0.2) is 45.1 Å². The summed E-state index contributed by atoms with van der Waals surface area (Å²) in [6, 6.07) is 11.9. The van der Waals surface area contributed by atoms with E-state index in [1.54, 1.807) is 31.2 Å². The number of hydrogen-bond acceptors (Lipinski definition) is 8. The highest BCUT2D eigenvalue weighted by Gasteiger charge is 2.36. The maximum absolute atomic E-state index is 14.0. The number of hydrogen-bond donors (Lipinski definition) is 1. The van der Waals surface area contributed by atoms with E-state index in [0.717, 1.165) is 28.4 Å². The number of imide groups is 1. The van der Waals surface area contributed by atoms with E-state index in [4.69, 9.17) is 21.1 Å². The summed E-state index contributed by atoms with van der Waals surface area (Å²) in [7, 11) is 0. The summed E-state index contributed by atoms with van der Waals surface area (Å²) >= 11 is 6.44. The van der Waals surface area contributed by atoms with Gasteiger partial charge in [0.05, 0.1) is 17.7 Å². The summed E-state index contributed by atoms with van der Waals surface area (Å²) < 4.78 is 25.1. The van der Waals surface area contributed by atoms with Crippen molar-refractivity contribution < 1.29 is 28.2 Å². The number of ether oxygens (including phenoxy) is 2. The molecule has 1 aliphatic heterocycles. The molecule has 12 heteroatoms. The van der Waals surface area contributed by atoms with E-state index in [9.17, 15) is 18.8 Å². The average Bonchev–Trinajstić information content (AvgIpc) is 3.11. The molecule has 3 amide bonds. The Morgan fingerprint density at radius 3 is 2.76 bits per heavy atom. The number of nitrogens with one attached hydrogen (secondary N) is 1. The lowest BCUT2D eigenvalue weighted by atomic mass is 10.2. The predicted octanol–water partition coefficient (Wildman–Crippen LogP) is 5.44. The number of aromatic nitrogens is 2. The number of anilines is 1. The second kappa shape index (κ2) is 11.4. The second-order valence-electron chi connectivity index (χ2n) is 7.66. The number of halogens is 2. The van der Waals surface area contributed by atoms with Gasteiger partial charge in [-0.3, -0.25) is 19.3 Å². The third-order valence-electron chi connectivity index (χ3n) is 5.05. The molecule has 0 saturated carbocycles. The highest BCUT2D eigenvalue weighted by Crippen LogP contribution is 2.36. The van der Waals surface area contributed by atoms with Gasteiger partial charge in [-0.1, -0.05) is 24.3 Å². The molecule has 9 nitrogen and oxygen atoms in total. The minimum absolute atomic E-state index is 0.137. The van der Waals surface area contributed by atoms with Gasteiger partial charge >= 0.3 is 0 Å². The van der Waals surface area contributed by atoms with Crippen LogP contribution >= 0.6 is 23.4 Å². The standard InChI is InChI=1S/C25H20ClFN4O5S/c1-3-35-19-10-15(8-9-18(19)36-22-16(27)12-28-24(26)30-22)11-20-23(33)31(25(34)37-20)13-21(32)29-17-7-5-4-6-14(17)2/h4-12H,3,13H2,1-2H3,(H,29,32)/b20-11-. The van der Waals surface area contributed by atoms with Gasteiger partial charge in [0.1, 0.15) is 6.54 Å². The van der Waals surface area contributed by atoms with Crippen molar-refractivity contribution >= 4 is 52.2 Å². The molecular formula is C25H20ClFN4O5S. The number of para-hydroxylation sites is 1. The lowest BCUT2D eigenvalue weighted by Crippen LogP contribution is -2.36. The number of aryl methyl sites for hydroxylation is 1. The molecule has 0 aliphatic carbocycles. The minimum atomic E-state index is -0.809. The van der Waals surface area contributed by atoms with Gasteiger partial charge in [0.25, 0.3) is 17.0 Å². The number of rotatable bonds is 8. The Hall–Kier alpha value is -3.96. The van der Waals surface area contributed by atoms with Gasteiger partial charge < -0.3 is 14.8 Å². The molecule has 1 fully saturated rings. The quantitative estimate of drug-likeness (QED) is 0.296. The predicted molar refractivity (Wildman–Crippen MR) is 137 cm³/mol. The molecular weight excluding hydrogens is 523 g/mol. The highest BCUT2D eigenvalue weighted by atomic mass is 35.5. The van der Waals surface area contributed by atoms with E-state index >= 15 is 0 Å². The Morgan fingerprint density at radius 1 is 1.22 bits per heavy atom. The topological polar surface area (TPSA) is 111 Å². The summed E-state index contributed by atoms with van der Waals surface area (Å²) in [5.74, 6) is -1.85. The Bertz CT molecular complexity index is 1420. The SMILES string of the molecule is CCOc1cc(/C=C2\SC(=O)N(CC(=O)Nc3ccccc3C)C2=O)ccc1Oc1nc(Cl)ncc1F. The molecule has 2 aromatic carbocycles. The van der Waals surface area contributed by atoms with Gasteiger partial charge in [0.15, 0.2) is 11.5 Å². The molecule has 190 valence electrons. The number of nitrogens with zero attached hydrogens (tertiary/aromatic N) is 3. The molecule has 0 atom stereocenters. The zero-order valence-electron chi connectivity index (χ0n) is 19.7. The molecule has 0 radical (unpaired) electrons. The molecule has 0 spiro atoms. The fourth-order valence-electron chi connectivity index (χ4n) is 3.31. The molecule has 4 rings (SSSR count). The minimum Gasteiger partial charge on any atom is -0.490 e. The zero-order chi connectivity index (χ0) is 26.5. The number of carbonyl (C=O) groups is 3. The van der Waals surface area contributed by atoms with Crippen molar-refractivity contribution in [3.8, 4) is 17.4 Å². The fraction of sp³-hybridized carbons (Fsp3) is 0.160. The number of carbonyl (C=O) groups excluding carboxylic acids is 3. The molecule has 1 saturated heterocycles. The molecule has 1 N–H and O–H groups in total. The first-order valence-electron chi connectivity index (χ1n) is 11.0. The highest BCUT2D eigenvalue weighted by molar-refractivity contribution is 8.18. The molecule has 3 aromatic rings. The van der Waals surface area contributed by atoms with Crippen molar-refractivity contribution in [2.75, 3.05) is 18.5 Å². The second-order valence-corrected chi connectivity index (χ2v) is 9.00. The Labute approximate surface area is 220 Å². The smallest absolute Gasteiger partial charge is 0.294 e. The molecule has 37 heavy (non-hydrogen) atoms. The molecule has 0 bridgehead atoms. The normalized spacial score (nSPS) is 14.3. The molecule has 1 aromatic heterocycles. The van der Waals surface area contributed by atoms with Crippen LogP contribution in [0.15, 0.2) is 53.6 Å². The van der Waals surface area contributed by atoms with Crippen LogP contribution in [0.2, 0.25) is 5.28 Å². The summed E-state index contributed by atoms with van der Waals surface area (Å²) in [5.41, 5.74) is 1.98. The van der Waals surface area contributed by atoms with E-state index in [-0.39, 0.29) is 34.2 Å². The summed E-state index contributed by atoms with van der Waals surface area (Å²) in [6.45, 7) is 3.45. The third-order valence-corrected chi connectivity index (χ3v) is 6.14. The molecule has 0 unspecified atom stereocenters. The van der Waals surface area contributed by atoms with Crippen LogP contribution in [0, 0.1) is 12.7 Å². The van der Waals surface area contributed by atoms with Crippen LogP contribution < -0.4 is 14.8 Å². The van der Waals surface area contributed by atoms with Crippen molar-refractivity contribution in [3.05, 3.63) is 75.8 Å². The maximum Gasteiger partial charge on any atom is 0.294 e. The van der Waals surface area contributed by atoms with Crippen LogP contribution in [0.4, 0.5) is 14.9 Å². The Balaban J connectivity index is 1.51. The van der Waals surface area contributed by atoms with Crippen LogP contribution in [0.5, 0.6) is 17.4 Å². The Morgan fingerprint density at radius 2 is 2.00 bits per heavy atom. The first-order valence-corrected chi connectivity index (χ1v) is 12.2. The van der Waals surface area contributed by atoms with Gasteiger partial charge in [0.2, 0.25) is 17.0 Å². The number of amides is 3. The van der Waals surface area contributed by atoms with Crippen molar-refractivity contribution in [2.45, 2.75) is 13.8 Å². The van der Waals surface area contributed by atoms with Crippen LogP contribution in [0.3, 0.4) is 0 Å². The van der Waals surface area contributed by atoms with Crippen LogP contribution in [-0.2, 0) is 9.59 Å². The summed E-state index contributed by atoms with van der Waals surface area (Å²) in [5, 5.41) is 1.97. The first-order chi connectivity index (χ1) is 17.7. The van der Waals surface area contributed by atoms with Crippen molar-refractivity contribution in [3.63, 3.8) is 0 Å². The van der Waals surface area contributed by atoms with E-state index in [1.807, 2.05) is 19.1 Å². The number of benzene rings is 2. The first kappa shape index (κ1) is 26.1. The lowest BCUT2D eigenvalue weighted by molar-refractivity contribution is -0.127. The van der Waals surface area contributed by atoms with Crippen molar-refractivity contribution in [1.82, 2.24) is 14.9 Å². The van der Waals surface area contributed by atoms with E-state index in [1.165, 1.54) is 12.1 Å². The Kier molecular flexibility index (Phi) is 8.04. The van der Waals surface area contributed by atoms with Gasteiger partial charge in [-0.15, -0.1) is 0 Å². The van der Waals surface area contributed by atoms with E-state index in [2.05, 4.69) is 15.3 Å². The maximum atomic E-state index is 14.0. The monoisotopic (exact) mass is 542 g/mol. The average molecular weight is 543 g/mol. The van der Waals surface area contributed by atoms with E-state index in [0.29, 0.717) is 11.3 Å². The van der Waals surface area contributed by atoms with Crippen LogP contribution in [0.1, 0.15) is 18.1 Å². The largest absolute Gasteiger partial charge is 0.490 e. The van der Waals surface area contributed by atoms with Gasteiger partial charge in [-0.2, -0.15) is 9.37 Å². The lowest BCUT2D eigenvalue weighted by Gasteiger charge is -2.13. The van der Waals surface area contributed by atoms with Crippen molar-refractivity contribution in [1.29, 1.82) is 0 Å². The molecule has 1 aliphatic rings. The number of thioether (sulfide) groups is 1. The van der Waals surface area contributed by atoms with E-state index < -0.39 is 29.4 Å².